The lowest BCUT2D eigenvalue weighted by Gasteiger charge is -2.12. The summed E-state index contributed by atoms with van der Waals surface area (Å²) in [6, 6.07) is 4.13. The molecule has 1 aromatic heterocycles. The van der Waals surface area contributed by atoms with E-state index < -0.39 is 0 Å². The van der Waals surface area contributed by atoms with Gasteiger partial charge < -0.3 is 10.1 Å². The predicted octanol–water partition coefficient (Wildman–Crippen LogP) is 2.81. The zero-order chi connectivity index (χ0) is 13.1. The first-order valence-corrected chi connectivity index (χ1v) is 5.81. The summed E-state index contributed by atoms with van der Waals surface area (Å²) in [5.74, 6) is 1.58. The molecule has 0 aliphatic carbocycles. The van der Waals surface area contributed by atoms with Gasteiger partial charge in [0.15, 0.2) is 0 Å². The first kappa shape index (κ1) is 12.4. The van der Waals surface area contributed by atoms with Crippen LogP contribution in [0.25, 0.3) is 11.3 Å². The van der Waals surface area contributed by atoms with Crippen LogP contribution < -0.4 is 10.1 Å². The van der Waals surface area contributed by atoms with Crippen LogP contribution in [0.4, 0.5) is 5.82 Å². The summed E-state index contributed by atoms with van der Waals surface area (Å²) in [5, 5.41) is 2.95. The Morgan fingerprint density at radius 1 is 1.11 bits per heavy atom. The van der Waals surface area contributed by atoms with Crippen LogP contribution >= 0.6 is 0 Å². The molecule has 1 heterocycles. The molecule has 18 heavy (non-hydrogen) atoms. The van der Waals surface area contributed by atoms with Gasteiger partial charge in [0.05, 0.1) is 25.2 Å². The number of hydrogen-bond acceptors (Lipinski definition) is 4. The summed E-state index contributed by atoms with van der Waals surface area (Å²) in [5.41, 5.74) is 4.13. The third-order valence-electron chi connectivity index (χ3n) is 2.83. The van der Waals surface area contributed by atoms with Crippen molar-refractivity contribution in [1.29, 1.82) is 0 Å². The average Bonchev–Trinajstić information content (AvgIpc) is 2.38. The monoisotopic (exact) mass is 243 g/mol. The Morgan fingerprint density at radius 2 is 1.89 bits per heavy atom. The fourth-order valence-electron chi connectivity index (χ4n) is 2.00. The highest BCUT2D eigenvalue weighted by Gasteiger charge is 2.11. The minimum Gasteiger partial charge on any atom is -0.496 e. The van der Waals surface area contributed by atoms with Crippen LogP contribution in [0, 0.1) is 13.8 Å². The maximum atomic E-state index is 5.43. The molecule has 1 aromatic carbocycles. The highest BCUT2D eigenvalue weighted by Crippen LogP contribution is 2.32. The molecule has 0 amide bonds. The molecular formula is C14H17N3O. The van der Waals surface area contributed by atoms with Crippen LogP contribution in [-0.2, 0) is 0 Å². The summed E-state index contributed by atoms with van der Waals surface area (Å²) in [7, 11) is 3.49. The number of ether oxygens (including phenoxy) is 1. The fraction of sp³-hybridized carbons (Fsp3) is 0.286. The molecule has 2 aromatic rings. The molecule has 4 nitrogen and oxygen atoms in total. The summed E-state index contributed by atoms with van der Waals surface area (Å²) >= 11 is 0. The minimum atomic E-state index is 0.752. The van der Waals surface area contributed by atoms with E-state index in [1.165, 1.54) is 5.56 Å². The first-order valence-electron chi connectivity index (χ1n) is 5.81. The van der Waals surface area contributed by atoms with Gasteiger partial charge in [0, 0.05) is 12.6 Å². The number of nitrogens with one attached hydrogen (secondary N) is 1. The molecule has 0 unspecified atom stereocenters. The van der Waals surface area contributed by atoms with Crippen LogP contribution in [0.3, 0.4) is 0 Å². The molecular weight excluding hydrogens is 226 g/mol. The smallest absolute Gasteiger partial charge is 0.144 e. The summed E-state index contributed by atoms with van der Waals surface area (Å²) in [6.07, 6.45) is 3.47. The molecule has 0 aliphatic rings. The summed E-state index contributed by atoms with van der Waals surface area (Å²) < 4.78 is 5.43. The van der Waals surface area contributed by atoms with Crippen molar-refractivity contribution >= 4 is 5.82 Å². The quantitative estimate of drug-likeness (QED) is 0.900. The van der Waals surface area contributed by atoms with Gasteiger partial charge in [0.25, 0.3) is 0 Å². The van der Waals surface area contributed by atoms with E-state index in [-0.39, 0.29) is 0 Å². The number of methoxy groups -OCH3 is 1. The third-order valence-corrected chi connectivity index (χ3v) is 2.83. The van der Waals surface area contributed by atoms with Crippen molar-refractivity contribution in [2.45, 2.75) is 13.8 Å². The molecule has 0 aliphatic heterocycles. The fourth-order valence-corrected chi connectivity index (χ4v) is 2.00. The van der Waals surface area contributed by atoms with Crippen molar-refractivity contribution in [3.63, 3.8) is 0 Å². The molecule has 1 N–H and O–H groups in total. The van der Waals surface area contributed by atoms with E-state index in [9.17, 15) is 0 Å². The van der Waals surface area contributed by atoms with Gasteiger partial charge in [-0.3, -0.25) is 4.98 Å². The molecule has 0 fully saturated rings. The Morgan fingerprint density at radius 3 is 2.44 bits per heavy atom. The van der Waals surface area contributed by atoms with Gasteiger partial charge in [-0.15, -0.1) is 0 Å². The Hall–Kier alpha value is -2.10. The molecule has 2 rings (SSSR count). The van der Waals surface area contributed by atoms with Crippen LogP contribution in [-0.4, -0.2) is 24.1 Å². The normalized spacial score (nSPS) is 10.2. The second-order valence-corrected chi connectivity index (χ2v) is 4.20. The molecule has 0 saturated carbocycles. The van der Waals surface area contributed by atoms with E-state index >= 15 is 0 Å². The van der Waals surface area contributed by atoms with Gasteiger partial charge in [-0.2, -0.15) is 0 Å². The lowest BCUT2D eigenvalue weighted by molar-refractivity contribution is 0.415. The largest absolute Gasteiger partial charge is 0.496 e. The second kappa shape index (κ2) is 5.04. The second-order valence-electron chi connectivity index (χ2n) is 4.20. The molecule has 0 spiro atoms. The van der Waals surface area contributed by atoms with E-state index in [0.717, 1.165) is 28.4 Å². The summed E-state index contributed by atoms with van der Waals surface area (Å²) in [6.45, 7) is 4.10. The molecule has 4 heteroatoms. The lowest BCUT2D eigenvalue weighted by atomic mass is 10.0. The average molecular weight is 243 g/mol. The Kier molecular flexibility index (Phi) is 3.46. The Bertz CT molecular complexity index is 550. The third kappa shape index (κ3) is 2.27. The standard InChI is InChI=1S/C14H17N3O/c1-9-5-10(2)14(12(6-9)18-4)11-7-17-13(15-3)8-16-11/h5-8H,1-4H3,(H,15,17). The minimum absolute atomic E-state index is 0.752. The van der Waals surface area contributed by atoms with Gasteiger partial charge in [-0.05, 0) is 31.0 Å². The highest BCUT2D eigenvalue weighted by molar-refractivity contribution is 5.71. The van der Waals surface area contributed by atoms with Crippen LogP contribution in [0.1, 0.15) is 11.1 Å². The van der Waals surface area contributed by atoms with E-state index in [4.69, 9.17) is 4.74 Å². The SMILES string of the molecule is CNc1cnc(-c2c(C)cc(C)cc2OC)cn1. The van der Waals surface area contributed by atoms with Crippen molar-refractivity contribution in [2.24, 2.45) is 0 Å². The lowest BCUT2D eigenvalue weighted by Crippen LogP contribution is -1.97. The van der Waals surface area contributed by atoms with Gasteiger partial charge in [-0.25, -0.2) is 4.98 Å². The van der Waals surface area contributed by atoms with Gasteiger partial charge in [0.1, 0.15) is 11.6 Å². The van der Waals surface area contributed by atoms with Gasteiger partial charge in [0.2, 0.25) is 0 Å². The van der Waals surface area contributed by atoms with Crippen LogP contribution in [0.5, 0.6) is 5.75 Å². The number of rotatable bonds is 3. The van der Waals surface area contributed by atoms with Crippen molar-refractivity contribution < 1.29 is 4.74 Å². The predicted molar refractivity (Wildman–Crippen MR) is 73.0 cm³/mol. The maximum absolute atomic E-state index is 5.43. The number of benzene rings is 1. The Balaban J connectivity index is 2.55. The van der Waals surface area contributed by atoms with Crippen LogP contribution in [0.2, 0.25) is 0 Å². The van der Waals surface area contributed by atoms with Crippen LogP contribution in [0.15, 0.2) is 24.5 Å². The number of hydrogen-bond donors (Lipinski definition) is 1. The molecule has 94 valence electrons. The highest BCUT2D eigenvalue weighted by atomic mass is 16.5. The molecule has 0 saturated heterocycles. The Labute approximate surface area is 107 Å². The zero-order valence-corrected chi connectivity index (χ0v) is 11.1. The van der Waals surface area contributed by atoms with E-state index in [1.807, 2.05) is 13.1 Å². The number of nitrogens with zero attached hydrogens (tertiary/aromatic N) is 2. The molecule has 0 atom stereocenters. The summed E-state index contributed by atoms with van der Waals surface area (Å²) in [4.78, 5) is 8.70. The van der Waals surface area contributed by atoms with Crippen molar-refractivity contribution in [3.8, 4) is 17.0 Å². The van der Waals surface area contributed by atoms with Gasteiger partial charge >= 0.3 is 0 Å². The number of aromatic nitrogens is 2. The van der Waals surface area contributed by atoms with Gasteiger partial charge in [-0.1, -0.05) is 6.07 Å². The van der Waals surface area contributed by atoms with E-state index in [0.29, 0.717) is 0 Å². The number of aryl methyl sites for hydroxylation is 2. The zero-order valence-electron chi connectivity index (χ0n) is 11.1. The van der Waals surface area contributed by atoms with Crippen molar-refractivity contribution in [1.82, 2.24) is 9.97 Å². The van der Waals surface area contributed by atoms with Crippen molar-refractivity contribution in [3.05, 3.63) is 35.7 Å². The first-order chi connectivity index (χ1) is 8.65. The molecule has 0 bridgehead atoms. The van der Waals surface area contributed by atoms with E-state index in [1.54, 1.807) is 19.5 Å². The van der Waals surface area contributed by atoms with Crippen molar-refractivity contribution in [2.75, 3.05) is 19.5 Å². The topological polar surface area (TPSA) is 47.0 Å². The van der Waals surface area contributed by atoms with E-state index in [2.05, 4.69) is 35.2 Å². The maximum Gasteiger partial charge on any atom is 0.144 e. The number of anilines is 1. The molecule has 0 radical (unpaired) electrons.